The number of rotatable bonds is 9. The van der Waals surface area contributed by atoms with Crippen molar-refractivity contribution in [3.05, 3.63) is 65.2 Å². The van der Waals surface area contributed by atoms with Gasteiger partial charge in [0.1, 0.15) is 5.75 Å². The summed E-state index contributed by atoms with van der Waals surface area (Å²) in [6.45, 7) is 4.36. The number of nitrogen functional groups attached to an aromatic ring is 1. The lowest BCUT2D eigenvalue weighted by Crippen LogP contribution is -2.25. The van der Waals surface area contributed by atoms with Gasteiger partial charge in [0.25, 0.3) is 5.95 Å². The number of carbonyl (C=O) groups is 1. The molecular formula is C21H25N7O2S. The number of nitrogens with zero attached hydrogens (tertiary/aromatic N) is 4. The molecule has 0 fully saturated rings. The van der Waals surface area contributed by atoms with Crippen LogP contribution in [0.15, 0.2) is 58.8 Å². The highest BCUT2D eigenvalue weighted by atomic mass is 32.2. The maximum atomic E-state index is 12.1. The minimum atomic E-state index is -0.114. The minimum absolute atomic E-state index is 0.114. The van der Waals surface area contributed by atoms with E-state index in [2.05, 4.69) is 26.0 Å². The molecule has 0 saturated heterocycles. The molecule has 2 aromatic carbocycles. The van der Waals surface area contributed by atoms with Crippen LogP contribution in [0.2, 0.25) is 0 Å². The molecular weight excluding hydrogens is 414 g/mol. The van der Waals surface area contributed by atoms with E-state index in [1.54, 1.807) is 7.11 Å². The molecule has 1 aromatic heterocycles. The quantitative estimate of drug-likeness (QED) is 0.203. The van der Waals surface area contributed by atoms with Gasteiger partial charge < -0.3 is 15.9 Å². The van der Waals surface area contributed by atoms with Gasteiger partial charge in [0, 0.05) is 6.54 Å². The smallest absolute Gasteiger partial charge is 0.264 e. The lowest BCUT2D eigenvalue weighted by Gasteiger charge is -2.06. The molecule has 1 heterocycles. The number of aryl methyl sites for hydroxylation is 1. The Morgan fingerprint density at radius 3 is 2.55 bits per heavy atom. The molecule has 10 heteroatoms. The maximum absolute atomic E-state index is 12.1. The predicted molar refractivity (Wildman–Crippen MR) is 123 cm³/mol. The van der Waals surface area contributed by atoms with E-state index in [9.17, 15) is 4.79 Å². The molecule has 3 aromatic rings. The molecule has 0 bridgehead atoms. The van der Waals surface area contributed by atoms with Crippen LogP contribution in [0.25, 0.3) is 0 Å². The van der Waals surface area contributed by atoms with E-state index in [1.807, 2.05) is 62.4 Å². The molecule has 0 aliphatic rings. The molecule has 0 saturated carbocycles. The van der Waals surface area contributed by atoms with Gasteiger partial charge in [0.05, 0.1) is 18.6 Å². The second-order valence-corrected chi connectivity index (χ2v) is 7.71. The van der Waals surface area contributed by atoms with Gasteiger partial charge in [-0.15, -0.1) is 10.2 Å². The monoisotopic (exact) mass is 439 g/mol. The maximum Gasteiger partial charge on any atom is 0.264 e. The zero-order valence-electron chi connectivity index (χ0n) is 17.6. The highest BCUT2D eigenvalue weighted by molar-refractivity contribution is 7.99. The number of aromatic nitrogens is 3. The Morgan fingerprint density at radius 1 is 1.16 bits per heavy atom. The van der Waals surface area contributed by atoms with Crippen molar-refractivity contribution in [3.63, 3.8) is 0 Å². The third kappa shape index (κ3) is 6.22. The molecule has 0 aliphatic heterocycles. The van der Waals surface area contributed by atoms with E-state index in [4.69, 9.17) is 10.6 Å². The predicted octanol–water partition coefficient (Wildman–Crippen LogP) is 2.55. The average Bonchev–Trinajstić information content (AvgIpc) is 3.15. The Hall–Kier alpha value is -3.53. The molecule has 1 amide bonds. The van der Waals surface area contributed by atoms with Gasteiger partial charge in [-0.2, -0.15) is 5.10 Å². The number of benzene rings is 2. The number of amides is 1. The summed E-state index contributed by atoms with van der Waals surface area (Å²) in [6.07, 6.45) is 0. The average molecular weight is 440 g/mol. The summed E-state index contributed by atoms with van der Waals surface area (Å²) in [5.74, 6) is 7.13. The van der Waals surface area contributed by atoms with Crippen molar-refractivity contribution < 1.29 is 9.53 Å². The lowest BCUT2D eigenvalue weighted by atomic mass is 10.1. The molecule has 0 spiro atoms. The summed E-state index contributed by atoms with van der Waals surface area (Å²) < 4.78 is 6.42. The van der Waals surface area contributed by atoms with E-state index < -0.39 is 0 Å². The van der Waals surface area contributed by atoms with E-state index in [0.717, 1.165) is 22.6 Å². The number of carbonyl (C=O) groups excluding carboxylic acids is 1. The largest absolute Gasteiger partial charge is 0.497 e. The zero-order valence-corrected chi connectivity index (χ0v) is 18.4. The topological polar surface area (TPSA) is 119 Å². The standard InChI is InChI=1S/C21H25N7O2S/c1-14-4-6-16(7-5-14)12-23-19(29)13-31-21-27-26-20(28(21)22)25-24-15(2)17-8-10-18(30-3)11-9-17/h4-11H,12-13,22H2,1-3H3,(H,23,29)(H,25,26)/b24-15+. The van der Waals surface area contributed by atoms with Crippen molar-refractivity contribution in [2.75, 3.05) is 24.1 Å². The molecule has 3 rings (SSSR count). The first-order valence-electron chi connectivity index (χ1n) is 9.56. The fraction of sp³-hybridized carbons (Fsp3) is 0.238. The number of hydrazone groups is 1. The second-order valence-electron chi connectivity index (χ2n) is 6.76. The van der Waals surface area contributed by atoms with Crippen LogP contribution in [0.3, 0.4) is 0 Å². The number of anilines is 1. The van der Waals surface area contributed by atoms with E-state index in [1.165, 1.54) is 22.0 Å². The van der Waals surface area contributed by atoms with Gasteiger partial charge in [-0.1, -0.05) is 41.6 Å². The number of nitrogens with two attached hydrogens (primary N) is 1. The molecule has 0 radical (unpaired) electrons. The fourth-order valence-corrected chi connectivity index (χ4v) is 3.26. The number of thioether (sulfide) groups is 1. The SMILES string of the molecule is COc1ccc(/C(C)=N/Nc2nnc(SCC(=O)NCc3ccc(C)cc3)n2N)cc1. The Balaban J connectivity index is 1.50. The highest BCUT2D eigenvalue weighted by Crippen LogP contribution is 2.17. The summed E-state index contributed by atoms with van der Waals surface area (Å²) in [6, 6.07) is 15.5. The van der Waals surface area contributed by atoms with Gasteiger partial charge in [-0.25, -0.2) is 10.1 Å². The fourth-order valence-electron chi connectivity index (χ4n) is 2.57. The number of hydrogen-bond donors (Lipinski definition) is 3. The number of ether oxygens (including phenoxy) is 1. The number of hydrogen-bond acceptors (Lipinski definition) is 8. The molecule has 31 heavy (non-hydrogen) atoms. The van der Waals surface area contributed by atoms with Gasteiger partial charge in [0.2, 0.25) is 11.1 Å². The first kappa shape index (κ1) is 22.2. The van der Waals surface area contributed by atoms with Crippen molar-refractivity contribution in [2.24, 2.45) is 5.10 Å². The van der Waals surface area contributed by atoms with Crippen molar-refractivity contribution in [1.29, 1.82) is 0 Å². The molecule has 4 N–H and O–H groups in total. The van der Waals surface area contributed by atoms with Crippen LogP contribution in [0.4, 0.5) is 5.95 Å². The third-order valence-corrected chi connectivity index (χ3v) is 5.38. The first-order valence-corrected chi connectivity index (χ1v) is 10.5. The summed E-state index contributed by atoms with van der Waals surface area (Å²) in [5.41, 5.74) is 6.70. The van der Waals surface area contributed by atoms with Gasteiger partial charge >= 0.3 is 0 Å². The van der Waals surface area contributed by atoms with Crippen molar-refractivity contribution in [2.45, 2.75) is 25.5 Å². The van der Waals surface area contributed by atoms with E-state index in [-0.39, 0.29) is 17.6 Å². The molecule has 0 aliphatic carbocycles. The number of methoxy groups -OCH3 is 1. The van der Waals surface area contributed by atoms with Crippen LogP contribution < -0.4 is 21.3 Å². The van der Waals surface area contributed by atoms with Gasteiger partial charge in [0.15, 0.2) is 0 Å². The van der Waals surface area contributed by atoms with Crippen LogP contribution in [-0.4, -0.2) is 39.4 Å². The van der Waals surface area contributed by atoms with Crippen LogP contribution in [0.1, 0.15) is 23.6 Å². The Morgan fingerprint density at radius 2 is 1.87 bits per heavy atom. The Labute approximate surface area is 185 Å². The van der Waals surface area contributed by atoms with E-state index in [0.29, 0.717) is 11.7 Å². The molecule has 0 atom stereocenters. The van der Waals surface area contributed by atoms with Crippen LogP contribution in [0, 0.1) is 6.92 Å². The first-order chi connectivity index (χ1) is 15.0. The van der Waals surface area contributed by atoms with E-state index >= 15 is 0 Å². The van der Waals surface area contributed by atoms with Gasteiger partial charge in [-0.05, 0) is 49.2 Å². The van der Waals surface area contributed by atoms with Crippen molar-refractivity contribution in [1.82, 2.24) is 20.2 Å². The highest BCUT2D eigenvalue weighted by Gasteiger charge is 2.12. The van der Waals surface area contributed by atoms with Crippen molar-refractivity contribution in [3.8, 4) is 5.75 Å². The van der Waals surface area contributed by atoms with Crippen LogP contribution >= 0.6 is 11.8 Å². The van der Waals surface area contributed by atoms with Gasteiger partial charge in [-0.3, -0.25) is 4.79 Å². The number of nitrogens with one attached hydrogen (secondary N) is 2. The molecule has 0 unspecified atom stereocenters. The van der Waals surface area contributed by atoms with Crippen LogP contribution in [-0.2, 0) is 11.3 Å². The third-order valence-electron chi connectivity index (χ3n) is 4.44. The lowest BCUT2D eigenvalue weighted by molar-refractivity contribution is -0.118. The zero-order chi connectivity index (χ0) is 22.2. The second kappa shape index (κ2) is 10.5. The summed E-state index contributed by atoms with van der Waals surface area (Å²) in [5, 5.41) is 15.6. The Bertz CT molecular complexity index is 1050. The summed E-state index contributed by atoms with van der Waals surface area (Å²) in [7, 11) is 1.62. The van der Waals surface area contributed by atoms with Crippen LogP contribution in [0.5, 0.6) is 5.75 Å². The molecule has 9 nitrogen and oxygen atoms in total. The Kier molecular flexibility index (Phi) is 7.50. The van der Waals surface area contributed by atoms with Crippen molar-refractivity contribution >= 4 is 29.3 Å². The normalized spacial score (nSPS) is 11.3. The summed E-state index contributed by atoms with van der Waals surface area (Å²) in [4.78, 5) is 12.1. The molecule has 162 valence electrons. The minimum Gasteiger partial charge on any atom is -0.497 e. The summed E-state index contributed by atoms with van der Waals surface area (Å²) >= 11 is 1.20.